The summed E-state index contributed by atoms with van der Waals surface area (Å²) in [5.41, 5.74) is 3.21. The van der Waals surface area contributed by atoms with Crippen LogP contribution in [0.25, 0.3) is 0 Å². The van der Waals surface area contributed by atoms with Gasteiger partial charge < -0.3 is 15.1 Å². The molecule has 2 amide bonds. The molecule has 0 radical (unpaired) electrons. The van der Waals surface area contributed by atoms with Crippen molar-refractivity contribution in [1.82, 2.24) is 14.8 Å². The number of carbonyl (C=O) groups is 2. The van der Waals surface area contributed by atoms with E-state index in [2.05, 4.69) is 17.2 Å². The highest BCUT2D eigenvalue weighted by Gasteiger charge is 2.31. The summed E-state index contributed by atoms with van der Waals surface area (Å²) in [5.74, 6) is -0.741. The van der Waals surface area contributed by atoms with Gasteiger partial charge >= 0.3 is 11.8 Å². The maximum Gasteiger partial charge on any atom is 0.312 e. The third-order valence-electron chi connectivity index (χ3n) is 5.25. The van der Waals surface area contributed by atoms with Crippen molar-refractivity contribution in [1.29, 1.82) is 0 Å². The van der Waals surface area contributed by atoms with Gasteiger partial charge in [-0.05, 0) is 41.8 Å². The van der Waals surface area contributed by atoms with Crippen LogP contribution in [0.4, 0.5) is 5.69 Å². The quantitative estimate of drug-likeness (QED) is 0.495. The molecule has 1 saturated heterocycles. The summed E-state index contributed by atoms with van der Waals surface area (Å²) >= 11 is 0. The first-order valence-corrected chi connectivity index (χ1v) is 10.5. The van der Waals surface area contributed by atoms with E-state index in [0.717, 1.165) is 30.6 Å². The Balaban J connectivity index is 1.47. The lowest BCUT2D eigenvalue weighted by atomic mass is 10.1. The van der Waals surface area contributed by atoms with Crippen LogP contribution in [0.2, 0.25) is 0 Å². The van der Waals surface area contributed by atoms with Crippen LogP contribution in [0.15, 0.2) is 48.8 Å². The van der Waals surface area contributed by atoms with E-state index in [1.807, 2.05) is 36.4 Å². The molecule has 154 valence electrons. The summed E-state index contributed by atoms with van der Waals surface area (Å²) in [7, 11) is 0. The molecule has 6 heteroatoms. The molecule has 0 spiro atoms. The topological polar surface area (TPSA) is 65.5 Å². The van der Waals surface area contributed by atoms with Crippen molar-refractivity contribution in [3.63, 3.8) is 0 Å². The Labute approximate surface area is 172 Å². The van der Waals surface area contributed by atoms with Gasteiger partial charge in [-0.2, -0.15) is 0 Å². The average molecular weight is 395 g/mol. The van der Waals surface area contributed by atoms with E-state index in [1.165, 1.54) is 18.4 Å². The molecule has 29 heavy (non-hydrogen) atoms. The highest BCUT2D eigenvalue weighted by Crippen LogP contribution is 2.15. The molecule has 0 aliphatic carbocycles. The lowest BCUT2D eigenvalue weighted by Crippen LogP contribution is -2.54. The highest BCUT2D eigenvalue weighted by molar-refractivity contribution is 6.35. The smallest absolute Gasteiger partial charge is 0.312 e. The second-order valence-corrected chi connectivity index (χ2v) is 7.49. The van der Waals surface area contributed by atoms with E-state index >= 15 is 0 Å². The number of anilines is 1. The number of carbonyl (C=O) groups excluding carboxylic acids is 2. The zero-order valence-corrected chi connectivity index (χ0v) is 17.1. The predicted molar refractivity (Wildman–Crippen MR) is 114 cm³/mol. The van der Waals surface area contributed by atoms with Crippen molar-refractivity contribution in [2.45, 2.75) is 45.7 Å². The Morgan fingerprint density at radius 1 is 0.862 bits per heavy atom. The molecule has 0 unspecified atom stereocenters. The van der Waals surface area contributed by atoms with Crippen LogP contribution >= 0.6 is 0 Å². The van der Waals surface area contributed by atoms with Gasteiger partial charge in [0, 0.05) is 50.8 Å². The standard InChI is InChI=1S/C23H30N4O2/c1-2-3-4-5-14-26-15-16-27(23(29)22(26)28)18-20-6-8-21(9-7-20)25-17-19-10-12-24-13-11-19/h6-13,25H,2-5,14-18H2,1H3. The SMILES string of the molecule is CCCCCCN1CCN(Cc2ccc(NCc3ccncc3)cc2)C(=O)C1=O. The number of rotatable bonds is 10. The Morgan fingerprint density at radius 3 is 2.28 bits per heavy atom. The minimum atomic E-state index is -0.383. The summed E-state index contributed by atoms with van der Waals surface area (Å²) in [4.78, 5) is 32.2. The molecule has 0 saturated carbocycles. The second-order valence-electron chi connectivity index (χ2n) is 7.49. The minimum absolute atomic E-state index is 0.358. The fourth-order valence-corrected chi connectivity index (χ4v) is 3.46. The molecule has 1 fully saturated rings. The van der Waals surface area contributed by atoms with Crippen LogP contribution in [-0.4, -0.2) is 46.2 Å². The van der Waals surface area contributed by atoms with E-state index in [0.29, 0.717) is 26.2 Å². The van der Waals surface area contributed by atoms with Gasteiger partial charge in [0.25, 0.3) is 0 Å². The van der Waals surface area contributed by atoms with Gasteiger partial charge in [0.2, 0.25) is 0 Å². The number of piperazine rings is 1. The van der Waals surface area contributed by atoms with Crippen LogP contribution in [0, 0.1) is 0 Å². The number of hydrogen-bond donors (Lipinski definition) is 1. The number of hydrogen-bond acceptors (Lipinski definition) is 4. The van der Waals surface area contributed by atoms with E-state index in [-0.39, 0.29) is 11.8 Å². The van der Waals surface area contributed by atoms with Crippen molar-refractivity contribution >= 4 is 17.5 Å². The molecular weight excluding hydrogens is 364 g/mol. The summed E-state index contributed by atoms with van der Waals surface area (Å²) in [5, 5.41) is 3.37. The lowest BCUT2D eigenvalue weighted by Gasteiger charge is -2.33. The number of benzene rings is 1. The van der Waals surface area contributed by atoms with Crippen LogP contribution in [0.1, 0.15) is 43.7 Å². The van der Waals surface area contributed by atoms with Crippen LogP contribution in [0.5, 0.6) is 0 Å². The first kappa shape index (κ1) is 20.8. The van der Waals surface area contributed by atoms with Gasteiger partial charge in [0.15, 0.2) is 0 Å². The Kier molecular flexibility index (Phi) is 7.61. The molecule has 2 heterocycles. The molecular formula is C23H30N4O2. The van der Waals surface area contributed by atoms with Gasteiger partial charge in [-0.1, -0.05) is 38.3 Å². The monoisotopic (exact) mass is 394 g/mol. The summed E-state index contributed by atoms with van der Waals surface area (Å²) in [6.07, 6.45) is 7.99. The molecule has 1 aliphatic heterocycles. The number of pyridine rings is 1. The molecule has 2 aromatic rings. The first-order valence-electron chi connectivity index (χ1n) is 10.5. The number of aromatic nitrogens is 1. The Bertz CT molecular complexity index is 792. The highest BCUT2D eigenvalue weighted by atomic mass is 16.2. The van der Waals surface area contributed by atoms with E-state index in [4.69, 9.17) is 0 Å². The van der Waals surface area contributed by atoms with Gasteiger partial charge in [0.1, 0.15) is 0 Å². The van der Waals surface area contributed by atoms with Gasteiger partial charge in [0.05, 0.1) is 0 Å². The van der Waals surface area contributed by atoms with Gasteiger partial charge in [-0.3, -0.25) is 14.6 Å². The average Bonchev–Trinajstić information content (AvgIpc) is 2.76. The van der Waals surface area contributed by atoms with E-state index in [9.17, 15) is 9.59 Å². The van der Waals surface area contributed by atoms with E-state index < -0.39 is 0 Å². The fourth-order valence-electron chi connectivity index (χ4n) is 3.46. The summed E-state index contributed by atoms with van der Waals surface area (Å²) < 4.78 is 0. The second kappa shape index (κ2) is 10.6. The minimum Gasteiger partial charge on any atom is -0.381 e. The Morgan fingerprint density at radius 2 is 1.55 bits per heavy atom. The molecule has 1 N–H and O–H groups in total. The number of nitrogens with one attached hydrogen (secondary N) is 1. The molecule has 6 nitrogen and oxygen atoms in total. The molecule has 3 rings (SSSR count). The third kappa shape index (κ3) is 6.04. The normalized spacial score (nSPS) is 14.4. The van der Waals surface area contributed by atoms with Crippen molar-refractivity contribution < 1.29 is 9.59 Å². The molecule has 1 aromatic heterocycles. The van der Waals surface area contributed by atoms with Crippen LogP contribution in [0.3, 0.4) is 0 Å². The zero-order chi connectivity index (χ0) is 20.5. The first-order chi connectivity index (χ1) is 14.2. The summed E-state index contributed by atoms with van der Waals surface area (Å²) in [6.45, 7) is 5.28. The predicted octanol–water partition coefficient (Wildman–Crippen LogP) is 3.44. The molecule has 0 bridgehead atoms. The van der Waals surface area contributed by atoms with E-state index in [1.54, 1.807) is 22.2 Å². The number of unbranched alkanes of at least 4 members (excludes halogenated alkanes) is 3. The maximum absolute atomic E-state index is 12.5. The largest absolute Gasteiger partial charge is 0.381 e. The fraction of sp³-hybridized carbons (Fsp3) is 0.435. The number of amides is 2. The van der Waals surface area contributed by atoms with Gasteiger partial charge in [-0.15, -0.1) is 0 Å². The van der Waals surface area contributed by atoms with Crippen molar-refractivity contribution in [2.24, 2.45) is 0 Å². The maximum atomic E-state index is 12.5. The Hall–Kier alpha value is -2.89. The molecule has 1 aliphatic rings. The van der Waals surface area contributed by atoms with Crippen LogP contribution < -0.4 is 5.32 Å². The summed E-state index contributed by atoms with van der Waals surface area (Å²) in [6, 6.07) is 12.0. The van der Waals surface area contributed by atoms with Crippen molar-refractivity contribution in [3.05, 3.63) is 59.9 Å². The molecule has 1 aromatic carbocycles. The molecule has 0 atom stereocenters. The van der Waals surface area contributed by atoms with Crippen molar-refractivity contribution in [3.8, 4) is 0 Å². The van der Waals surface area contributed by atoms with Crippen molar-refractivity contribution in [2.75, 3.05) is 25.0 Å². The number of nitrogens with zero attached hydrogens (tertiary/aromatic N) is 3. The lowest BCUT2D eigenvalue weighted by molar-refractivity contribution is -0.156. The third-order valence-corrected chi connectivity index (χ3v) is 5.25. The zero-order valence-electron chi connectivity index (χ0n) is 17.1. The van der Waals surface area contributed by atoms with Gasteiger partial charge in [-0.25, -0.2) is 0 Å². The van der Waals surface area contributed by atoms with Crippen LogP contribution in [-0.2, 0) is 22.7 Å².